The molecule has 3 heteroatoms. The Bertz CT molecular complexity index is 359. The maximum atomic E-state index is 11.9. The van der Waals surface area contributed by atoms with Gasteiger partial charge < -0.3 is 10.2 Å². The SMILES string of the molecule is O=C(O)C1(C23CC4CC(CC(C4)C2)C3)CC(O)C1. The monoisotopic (exact) mass is 250 g/mol. The van der Waals surface area contributed by atoms with Crippen LogP contribution in [0, 0.1) is 28.6 Å². The Balaban J connectivity index is 1.72. The molecule has 0 atom stereocenters. The minimum Gasteiger partial charge on any atom is -0.481 e. The lowest BCUT2D eigenvalue weighted by atomic mass is 9.38. The topological polar surface area (TPSA) is 57.5 Å². The zero-order valence-electron chi connectivity index (χ0n) is 10.8. The lowest BCUT2D eigenvalue weighted by Gasteiger charge is -2.65. The Hall–Kier alpha value is -0.570. The highest BCUT2D eigenvalue weighted by Gasteiger charge is 2.67. The zero-order valence-corrected chi connectivity index (χ0v) is 10.8. The van der Waals surface area contributed by atoms with Crippen LogP contribution < -0.4 is 0 Å². The number of carbonyl (C=O) groups is 1. The molecule has 5 saturated carbocycles. The van der Waals surface area contributed by atoms with Crippen LogP contribution in [-0.2, 0) is 4.79 Å². The van der Waals surface area contributed by atoms with Crippen molar-refractivity contribution in [1.29, 1.82) is 0 Å². The van der Waals surface area contributed by atoms with E-state index >= 15 is 0 Å². The van der Waals surface area contributed by atoms with Gasteiger partial charge >= 0.3 is 5.97 Å². The van der Waals surface area contributed by atoms with Crippen LogP contribution in [0.3, 0.4) is 0 Å². The normalized spacial score (nSPS) is 57.4. The number of carboxylic acids is 1. The molecule has 3 nitrogen and oxygen atoms in total. The smallest absolute Gasteiger partial charge is 0.310 e. The summed E-state index contributed by atoms with van der Waals surface area (Å²) in [5.41, 5.74) is -0.546. The van der Waals surface area contributed by atoms with Crippen molar-refractivity contribution in [1.82, 2.24) is 0 Å². The summed E-state index contributed by atoms with van der Waals surface area (Å²) in [7, 11) is 0. The van der Waals surface area contributed by atoms with Gasteiger partial charge in [-0.15, -0.1) is 0 Å². The summed E-state index contributed by atoms with van der Waals surface area (Å²) >= 11 is 0. The molecular formula is C15H22O3. The first-order valence-electron chi connectivity index (χ1n) is 7.44. The van der Waals surface area contributed by atoms with Crippen molar-refractivity contribution in [2.24, 2.45) is 28.6 Å². The van der Waals surface area contributed by atoms with Gasteiger partial charge in [0, 0.05) is 0 Å². The highest BCUT2D eigenvalue weighted by Crippen LogP contribution is 2.70. The predicted octanol–water partition coefficient (Wildman–Crippen LogP) is 2.43. The Morgan fingerprint density at radius 1 is 0.889 bits per heavy atom. The molecule has 0 aromatic carbocycles. The number of hydrogen-bond donors (Lipinski definition) is 2. The molecule has 5 aliphatic rings. The van der Waals surface area contributed by atoms with Gasteiger partial charge in [-0.05, 0) is 74.5 Å². The summed E-state index contributed by atoms with van der Waals surface area (Å²) in [6.45, 7) is 0. The third-order valence-electron chi connectivity index (χ3n) is 6.63. The van der Waals surface area contributed by atoms with E-state index in [0.29, 0.717) is 12.8 Å². The Morgan fingerprint density at radius 2 is 1.33 bits per heavy atom. The summed E-state index contributed by atoms with van der Waals surface area (Å²) in [6.07, 6.45) is 8.05. The maximum Gasteiger partial charge on any atom is 0.310 e. The molecule has 0 aromatic rings. The van der Waals surface area contributed by atoms with E-state index < -0.39 is 11.4 Å². The van der Waals surface area contributed by atoms with Crippen LogP contribution in [0.5, 0.6) is 0 Å². The second-order valence-electron chi connectivity index (χ2n) is 7.65. The fourth-order valence-electron chi connectivity index (χ4n) is 6.28. The van der Waals surface area contributed by atoms with E-state index in [1.165, 1.54) is 19.3 Å². The summed E-state index contributed by atoms with van der Waals surface area (Å²) in [4.78, 5) is 11.9. The molecule has 5 rings (SSSR count). The Kier molecular flexibility index (Phi) is 2.07. The van der Waals surface area contributed by atoms with E-state index in [-0.39, 0.29) is 11.5 Å². The average Bonchev–Trinajstić information content (AvgIpc) is 2.21. The molecule has 4 bridgehead atoms. The Labute approximate surface area is 108 Å². The largest absolute Gasteiger partial charge is 0.481 e. The number of aliphatic hydroxyl groups is 1. The second-order valence-corrected chi connectivity index (χ2v) is 7.65. The lowest BCUT2D eigenvalue weighted by molar-refractivity contribution is -0.214. The van der Waals surface area contributed by atoms with Crippen LogP contribution in [0.2, 0.25) is 0 Å². The fourth-order valence-corrected chi connectivity index (χ4v) is 6.28. The highest BCUT2D eigenvalue weighted by molar-refractivity contribution is 5.77. The average molecular weight is 250 g/mol. The molecule has 18 heavy (non-hydrogen) atoms. The molecule has 0 aromatic heterocycles. The van der Waals surface area contributed by atoms with Crippen molar-refractivity contribution in [2.75, 3.05) is 0 Å². The van der Waals surface area contributed by atoms with Crippen LogP contribution in [0.15, 0.2) is 0 Å². The molecule has 0 unspecified atom stereocenters. The van der Waals surface area contributed by atoms with Gasteiger partial charge in [0.15, 0.2) is 0 Å². The summed E-state index contributed by atoms with van der Waals surface area (Å²) < 4.78 is 0. The summed E-state index contributed by atoms with van der Waals surface area (Å²) in [5, 5.41) is 19.4. The number of hydrogen-bond acceptors (Lipinski definition) is 2. The third kappa shape index (κ3) is 1.21. The van der Waals surface area contributed by atoms with Gasteiger partial charge in [0.05, 0.1) is 11.5 Å². The highest BCUT2D eigenvalue weighted by atomic mass is 16.4. The van der Waals surface area contributed by atoms with Gasteiger partial charge in [-0.25, -0.2) is 0 Å². The van der Waals surface area contributed by atoms with Crippen LogP contribution >= 0.6 is 0 Å². The molecule has 0 aliphatic heterocycles. The standard InChI is InChI=1S/C15H22O3/c16-12-7-15(8-12,13(17)18)14-4-9-1-10(5-14)3-11(2-9)6-14/h9-12,16H,1-8H2,(H,17,18). The molecule has 5 fully saturated rings. The van der Waals surface area contributed by atoms with Gasteiger partial charge in [0.25, 0.3) is 0 Å². The van der Waals surface area contributed by atoms with Crippen molar-refractivity contribution < 1.29 is 15.0 Å². The van der Waals surface area contributed by atoms with Gasteiger partial charge in [-0.2, -0.15) is 0 Å². The number of aliphatic hydroxyl groups excluding tert-OH is 1. The maximum absolute atomic E-state index is 11.9. The van der Waals surface area contributed by atoms with Gasteiger partial charge in [0.1, 0.15) is 0 Å². The molecule has 0 spiro atoms. The van der Waals surface area contributed by atoms with E-state index in [0.717, 1.165) is 37.0 Å². The van der Waals surface area contributed by atoms with E-state index in [9.17, 15) is 15.0 Å². The molecule has 0 heterocycles. The van der Waals surface area contributed by atoms with Crippen molar-refractivity contribution in [3.05, 3.63) is 0 Å². The van der Waals surface area contributed by atoms with E-state index in [1.807, 2.05) is 0 Å². The van der Waals surface area contributed by atoms with Crippen molar-refractivity contribution in [2.45, 2.75) is 57.5 Å². The first-order chi connectivity index (χ1) is 8.53. The summed E-state index contributed by atoms with van der Waals surface area (Å²) in [5.74, 6) is 1.72. The predicted molar refractivity (Wildman–Crippen MR) is 65.9 cm³/mol. The van der Waals surface area contributed by atoms with Crippen LogP contribution in [-0.4, -0.2) is 22.3 Å². The van der Waals surface area contributed by atoms with Gasteiger partial charge in [0.2, 0.25) is 0 Å². The van der Waals surface area contributed by atoms with Crippen LogP contribution in [0.25, 0.3) is 0 Å². The molecule has 5 aliphatic carbocycles. The summed E-state index contributed by atoms with van der Waals surface area (Å²) in [6, 6.07) is 0. The van der Waals surface area contributed by atoms with Crippen LogP contribution in [0.4, 0.5) is 0 Å². The van der Waals surface area contributed by atoms with E-state index in [1.54, 1.807) is 0 Å². The number of carboxylic acid groups (broad SMARTS) is 1. The molecule has 2 N–H and O–H groups in total. The zero-order chi connectivity index (χ0) is 12.5. The lowest BCUT2D eigenvalue weighted by Crippen LogP contribution is -2.63. The molecule has 0 radical (unpaired) electrons. The molecule has 0 amide bonds. The minimum atomic E-state index is -0.630. The van der Waals surface area contributed by atoms with E-state index in [4.69, 9.17) is 0 Å². The first kappa shape index (κ1) is 11.3. The van der Waals surface area contributed by atoms with Crippen LogP contribution in [0.1, 0.15) is 51.4 Å². The quantitative estimate of drug-likeness (QED) is 0.791. The Morgan fingerprint density at radius 3 is 1.67 bits per heavy atom. The molecular weight excluding hydrogens is 228 g/mol. The van der Waals surface area contributed by atoms with Gasteiger partial charge in [-0.1, -0.05) is 0 Å². The number of rotatable bonds is 2. The third-order valence-corrected chi connectivity index (χ3v) is 6.63. The van der Waals surface area contributed by atoms with Crippen molar-refractivity contribution in [3.8, 4) is 0 Å². The van der Waals surface area contributed by atoms with Crippen molar-refractivity contribution >= 4 is 5.97 Å². The van der Waals surface area contributed by atoms with Gasteiger partial charge in [-0.3, -0.25) is 4.79 Å². The second kappa shape index (κ2) is 3.30. The first-order valence-corrected chi connectivity index (χ1v) is 7.44. The van der Waals surface area contributed by atoms with Crippen molar-refractivity contribution in [3.63, 3.8) is 0 Å². The molecule has 100 valence electrons. The fraction of sp³-hybridized carbons (Fsp3) is 0.933. The van der Waals surface area contributed by atoms with E-state index in [2.05, 4.69) is 0 Å². The minimum absolute atomic E-state index is 0.0345. The molecule has 0 saturated heterocycles. The number of aliphatic carboxylic acids is 1.